The number of aryl methyl sites for hydroxylation is 1. The number of carbonyl (C=O) groups is 1. The van der Waals surface area contributed by atoms with E-state index in [4.69, 9.17) is 9.47 Å². The molecule has 1 amide bonds. The lowest BCUT2D eigenvalue weighted by atomic mass is 10.0. The Balaban J connectivity index is 1.73. The molecule has 0 bridgehead atoms. The van der Waals surface area contributed by atoms with E-state index in [-0.39, 0.29) is 18.2 Å². The van der Waals surface area contributed by atoms with Gasteiger partial charge in [-0.1, -0.05) is 18.2 Å². The van der Waals surface area contributed by atoms with Crippen LogP contribution in [-0.4, -0.2) is 24.5 Å². The molecule has 0 spiro atoms. The molecule has 0 unspecified atom stereocenters. The first-order valence-electron chi connectivity index (χ1n) is 10.4. The first-order valence-corrected chi connectivity index (χ1v) is 10.4. The molecule has 3 rings (SSSR count). The smallest absolute Gasteiger partial charge is 0.269 e. The van der Waals surface area contributed by atoms with Crippen LogP contribution in [0.2, 0.25) is 0 Å². The van der Waals surface area contributed by atoms with Gasteiger partial charge in [0, 0.05) is 17.8 Å². The zero-order valence-corrected chi connectivity index (χ0v) is 19.0. The number of carbonyl (C=O) groups excluding carboxylic acids is 1. The molecule has 172 valence electrons. The Hall–Kier alpha value is -4.64. The zero-order chi connectivity index (χ0) is 24.7. The van der Waals surface area contributed by atoms with Gasteiger partial charge in [-0.3, -0.25) is 14.9 Å². The standard InChI is InChI=1S/C26H23N3O5/c1-17-5-4-6-23(18(17)2)28-26(30)16-34-24-12-7-19(14-25(24)33-3)13-21(15-27)20-8-10-22(11-9-20)29(31)32/h4-14H,16H2,1-3H3,(H,28,30)/b21-13+. The van der Waals surface area contributed by atoms with Crippen LogP contribution in [0.4, 0.5) is 11.4 Å². The van der Waals surface area contributed by atoms with Gasteiger partial charge in [0.05, 0.1) is 23.7 Å². The Kier molecular flexibility index (Phi) is 7.62. The van der Waals surface area contributed by atoms with E-state index in [1.54, 1.807) is 24.3 Å². The number of nitro groups is 1. The van der Waals surface area contributed by atoms with Crippen LogP contribution in [0.25, 0.3) is 11.6 Å². The number of hydrogen-bond donors (Lipinski definition) is 1. The topological polar surface area (TPSA) is 114 Å². The van der Waals surface area contributed by atoms with Crippen LogP contribution in [0.15, 0.2) is 60.7 Å². The lowest BCUT2D eigenvalue weighted by Crippen LogP contribution is -2.21. The number of nitriles is 1. The van der Waals surface area contributed by atoms with E-state index < -0.39 is 4.92 Å². The molecule has 0 atom stereocenters. The SMILES string of the molecule is COc1cc(/C=C(\C#N)c2ccc([N+](=O)[O-])cc2)ccc1OCC(=O)Nc1cccc(C)c1C. The van der Waals surface area contributed by atoms with Gasteiger partial charge in [-0.05, 0) is 72.5 Å². The van der Waals surface area contributed by atoms with Crippen molar-refractivity contribution in [1.29, 1.82) is 5.26 Å². The summed E-state index contributed by atoms with van der Waals surface area (Å²) in [6.07, 6.45) is 1.64. The van der Waals surface area contributed by atoms with Crippen molar-refractivity contribution in [3.8, 4) is 17.6 Å². The molecule has 0 heterocycles. The van der Waals surface area contributed by atoms with Crippen molar-refractivity contribution < 1.29 is 19.2 Å². The maximum atomic E-state index is 12.4. The number of amides is 1. The predicted molar refractivity (Wildman–Crippen MR) is 130 cm³/mol. The number of benzene rings is 3. The number of anilines is 1. The summed E-state index contributed by atoms with van der Waals surface area (Å²) < 4.78 is 11.0. The minimum Gasteiger partial charge on any atom is -0.493 e. The van der Waals surface area contributed by atoms with Gasteiger partial charge in [0.2, 0.25) is 0 Å². The fourth-order valence-corrected chi connectivity index (χ4v) is 3.22. The highest BCUT2D eigenvalue weighted by molar-refractivity contribution is 5.93. The van der Waals surface area contributed by atoms with Crippen LogP contribution in [0.5, 0.6) is 11.5 Å². The monoisotopic (exact) mass is 457 g/mol. The Labute approximate surface area is 197 Å². The lowest BCUT2D eigenvalue weighted by molar-refractivity contribution is -0.384. The molecule has 0 aromatic heterocycles. The van der Waals surface area contributed by atoms with Gasteiger partial charge in [0.1, 0.15) is 0 Å². The lowest BCUT2D eigenvalue weighted by Gasteiger charge is -2.13. The van der Waals surface area contributed by atoms with Gasteiger partial charge >= 0.3 is 0 Å². The molecule has 0 saturated heterocycles. The molecular formula is C26H23N3O5. The molecule has 34 heavy (non-hydrogen) atoms. The Morgan fingerprint density at radius 3 is 2.50 bits per heavy atom. The molecule has 3 aromatic carbocycles. The summed E-state index contributed by atoms with van der Waals surface area (Å²) in [4.78, 5) is 22.7. The molecule has 0 aliphatic rings. The number of methoxy groups -OCH3 is 1. The third kappa shape index (κ3) is 5.78. The molecule has 0 saturated carbocycles. The van der Waals surface area contributed by atoms with E-state index in [2.05, 4.69) is 11.4 Å². The molecule has 0 radical (unpaired) electrons. The number of nitro benzene ring substituents is 1. The van der Waals surface area contributed by atoms with Gasteiger partial charge in [0.15, 0.2) is 18.1 Å². The average Bonchev–Trinajstić information content (AvgIpc) is 2.84. The van der Waals surface area contributed by atoms with Crippen molar-refractivity contribution in [2.24, 2.45) is 0 Å². The van der Waals surface area contributed by atoms with Crippen LogP contribution in [-0.2, 0) is 4.79 Å². The molecule has 0 aliphatic carbocycles. The van der Waals surface area contributed by atoms with Crippen LogP contribution in [0, 0.1) is 35.3 Å². The maximum absolute atomic E-state index is 12.4. The van der Waals surface area contributed by atoms with Crippen molar-refractivity contribution >= 4 is 28.9 Å². The quantitative estimate of drug-likeness (QED) is 0.212. The number of non-ortho nitro benzene ring substituents is 1. The zero-order valence-electron chi connectivity index (χ0n) is 19.0. The van der Waals surface area contributed by atoms with Crippen LogP contribution in [0.1, 0.15) is 22.3 Å². The second kappa shape index (κ2) is 10.8. The second-order valence-corrected chi connectivity index (χ2v) is 7.47. The van der Waals surface area contributed by atoms with Crippen molar-refractivity contribution in [2.75, 3.05) is 19.0 Å². The number of nitrogens with one attached hydrogen (secondary N) is 1. The molecule has 0 aliphatic heterocycles. The van der Waals surface area contributed by atoms with E-state index >= 15 is 0 Å². The van der Waals surface area contributed by atoms with Gasteiger partial charge in [0.25, 0.3) is 11.6 Å². The van der Waals surface area contributed by atoms with Crippen LogP contribution < -0.4 is 14.8 Å². The summed E-state index contributed by atoms with van der Waals surface area (Å²) in [5, 5.41) is 23.2. The van der Waals surface area contributed by atoms with E-state index in [9.17, 15) is 20.2 Å². The first kappa shape index (κ1) is 24.0. The molecule has 1 N–H and O–H groups in total. The van der Waals surface area contributed by atoms with Gasteiger partial charge in [-0.15, -0.1) is 0 Å². The Bertz CT molecular complexity index is 1290. The number of hydrogen-bond acceptors (Lipinski definition) is 6. The Morgan fingerprint density at radius 1 is 1.12 bits per heavy atom. The van der Waals surface area contributed by atoms with Gasteiger partial charge in [-0.25, -0.2) is 0 Å². The molecule has 0 fully saturated rings. The number of allylic oxidation sites excluding steroid dienone is 1. The molecule has 8 heteroatoms. The van der Waals surface area contributed by atoms with E-state index in [1.807, 2.05) is 32.0 Å². The van der Waals surface area contributed by atoms with Crippen molar-refractivity contribution in [1.82, 2.24) is 0 Å². The number of nitrogens with zero attached hydrogens (tertiary/aromatic N) is 2. The summed E-state index contributed by atoms with van der Waals surface area (Å²) >= 11 is 0. The predicted octanol–water partition coefficient (Wildman–Crippen LogP) is 5.30. The summed E-state index contributed by atoms with van der Waals surface area (Å²) in [5.74, 6) is 0.476. The normalized spacial score (nSPS) is 10.8. The van der Waals surface area contributed by atoms with E-state index in [0.29, 0.717) is 28.2 Å². The fraction of sp³-hybridized carbons (Fsp3) is 0.154. The summed E-state index contributed by atoms with van der Waals surface area (Å²) in [6.45, 7) is 3.71. The minimum atomic E-state index is -0.495. The van der Waals surface area contributed by atoms with Gasteiger partial charge < -0.3 is 14.8 Å². The van der Waals surface area contributed by atoms with Crippen molar-refractivity contribution in [3.63, 3.8) is 0 Å². The van der Waals surface area contributed by atoms with Gasteiger partial charge in [-0.2, -0.15) is 5.26 Å². The fourth-order valence-electron chi connectivity index (χ4n) is 3.22. The molecule has 3 aromatic rings. The second-order valence-electron chi connectivity index (χ2n) is 7.47. The number of ether oxygens (including phenoxy) is 2. The molecule has 8 nitrogen and oxygen atoms in total. The third-order valence-corrected chi connectivity index (χ3v) is 5.25. The minimum absolute atomic E-state index is 0.0502. The highest BCUT2D eigenvalue weighted by Crippen LogP contribution is 2.30. The summed E-state index contributed by atoms with van der Waals surface area (Å²) in [7, 11) is 1.48. The van der Waals surface area contributed by atoms with Crippen molar-refractivity contribution in [3.05, 3.63) is 93.0 Å². The highest BCUT2D eigenvalue weighted by Gasteiger charge is 2.11. The average molecular weight is 457 g/mol. The highest BCUT2D eigenvalue weighted by atomic mass is 16.6. The van der Waals surface area contributed by atoms with Crippen LogP contribution >= 0.6 is 0 Å². The largest absolute Gasteiger partial charge is 0.493 e. The molecular weight excluding hydrogens is 434 g/mol. The summed E-state index contributed by atoms with van der Waals surface area (Å²) in [5.41, 5.74) is 4.30. The Morgan fingerprint density at radius 2 is 1.85 bits per heavy atom. The number of rotatable bonds is 8. The summed E-state index contributed by atoms with van der Waals surface area (Å²) in [6, 6.07) is 18.6. The van der Waals surface area contributed by atoms with E-state index in [0.717, 1.165) is 16.8 Å². The first-order chi connectivity index (χ1) is 16.3. The third-order valence-electron chi connectivity index (χ3n) is 5.25. The van der Waals surface area contributed by atoms with Crippen molar-refractivity contribution in [2.45, 2.75) is 13.8 Å². The van der Waals surface area contributed by atoms with E-state index in [1.165, 1.54) is 31.4 Å². The van der Waals surface area contributed by atoms with Crippen LogP contribution in [0.3, 0.4) is 0 Å². The maximum Gasteiger partial charge on any atom is 0.269 e.